The van der Waals surface area contributed by atoms with E-state index in [4.69, 9.17) is 14.2 Å². The molecular weight excluding hydrogens is 366 g/mol. The van der Waals surface area contributed by atoms with E-state index in [0.29, 0.717) is 37.8 Å². The van der Waals surface area contributed by atoms with Crippen molar-refractivity contribution in [2.45, 2.75) is 13.5 Å². The van der Waals surface area contributed by atoms with Gasteiger partial charge in [0.2, 0.25) is 0 Å². The molecule has 0 spiro atoms. The molecule has 3 rings (SSSR count). The van der Waals surface area contributed by atoms with Crippen LogP contribution in [0.15, 0.2) is 41.1 Å². The predicted molar refractivity (Wildman–Crippen MR) is 103 cm³/mol. The highest BCUT2D eigenvalue weighted by Crippen LogP contribution is 2.31. The summed E-state index contributed by atoms with van der Waals surface area (Å²) < 4.78 is 16.1. The number of fused-ring (bicyclic) bond motifs is 1. The van der Waals surface area contributed by atoms with Crippen molar-refractivity contribution in [3.8, 4) is 11.5 Å². The van der Waals surface area contributed by atoms with Crippen LogP contribution in [0.3, 0.4) is 0 Å². The summed E-state index contributed by atoms with van der Waals surface area (Å²) in [6.07, 6.45) is 2.99. The minimum atomic E-state index is -0.537. The maximum atomic E-state index is 12.4. The van der Waals surface area contributed by atoms with E-state index in [1.807, 2.05) is 41.9 Å². The first-order chi connectivity index (χ1) is 13.2. The Kier molecular flexibility index (Phi) is 6.49. The monoisotopic (exact) mass is 387 g/mol. The summed E-state index contributed by atoms with van der Waals surface area (Å²) in [6, 6.07) is 7.52. The normalized spacial score (nSPS) is 12.8. The summed E-state index contributed by atoms with van der Waals surface area (Å²) in [5, 5.41) is 3.84. The molecule has 0 N–H and O–H groups in total. The fourth-order valence-electron chi connectivity index (χ4n) is 2.59. The van der Waals surface area contributed by atoms with E-state index in [2.05, 4.69) is 0 Å². The van der Waals surface area contributed by atoms with Crippen molar-refractivity contribution >= 4 is 29.3 Å². The lowest BCUT2D eigenvalue weighted by Crippen LogP contribution is -2.34. The van der Waals surface area contributed by atoms with E-state index in [1.54, 1.807) is 22.3 Å². The molecule has 0 bridgehead atoms. The molecule has 1 aromatic carbocycles. The molecule has 1 amide bonds. The molecule has 0 fully saturated rings. The Morgan fingerprint density at radius 1 is 1.22 bits per heavy atom. The molecule has 1 aliphatic rings. The second-order valence-corrected chi connectivity index (χ2v) is 6.66. The highest BCUT2D eigenvalue weighted by Gasteiger charge is 2.16. The number of rotatable bonds is 7. The Bertz CT molecular complexity index is 816. The van der Waals surface area contributed by atoms with E-state index in [9.17, 15) is 9.59 Å². The summed E-state index contributed by atoms with van der Waals surface area (Å²) >= 11 is 1.54. The van der Waals surface area contributed by atoms with Crippen LogP contribution < -0.4 is 9.47 Å². The first-order valence-corrected chi connectivity index (χ1v) is 9.63. The molecule has 27 heavy (non-hydrogen) atoms. The number of likely N-dealkylation sites (N-methyl/N-ethyl adjacent to an activating group) is 1. The van der Waals surface area contributed by atoms with Gasteiger partial charge in [-0.15, -0.1) is 0 Å². The Morgan fingerprint density at radius 2 is 2.04 bits per heavy atom. The lowest BCUT2D eigenvalue weighted by atomic mass is 10.2. The van der Waals surface area contributed by atoms with E-state index < -0.39 is 5.97 Å². The zero-order valence-electron chi connectivity index (χ0n) is 15.1. The lowest BCUT2D eigenvalue weighted by molar-refractivity contribution is -0.148. The number of thiophene rings is 1. The van der Waals surface area contributed by atoms with E-state index in [-0.39, 0.29) is 12.5 Å². The van der Waals surface area contributed by atoms with Crippen molar-refractivity contribution in [3.05, 3.63) is 52.2 Å². The number of esters is 1. The summed E-state index contributed by atoms with van der Waals surface area (Å²) in [7, 11) is 0. The average Bonchev–Trinajstić information content (AvgIpc) is 3.22. The lowest BCUT2D eigenvalue weighted by Gasteiger charge is -2.23. The van der Waals surface area contributed by atoms with Crippen molar-refractivity contribution in [3.63, 3.8) is 0 Å². The maximum absolute atomic E-state index is 12.4. The minimum absolute atomic E-state index is 0.246. The van der Waals surface area contributed by atoms with Gasteiger partial charge in [-0.1, -0.05) is 6.07 Å². The molecule has 0 atom stereocenters. The topological polar surface area (TPSA) is 65.1 Å². The first kappa shape index (κ1) is 19.0. The standard InChI is InChI=1S/C20H21NO5S/c1-2-21(12-16-3-5-17-18(11-16)25-9-8-24-17)19(22)13-26-20(23)6-4-15-7-10-27-14-15/h3-7,10-11,14H,2,8-9,12-13H2,1H3/b6-4+. The van der Waals surface area contributed by atoms with Gasteiger partial charge in [0, 0.05) is 19.2 Å². The van der Waals surface area contributed by atoms with Crippen molar-refractivity contribution in [2.75, 3.05) is 26.4 Å². The second kappa shape index (κ2) is 9.23. The van der Waals surface area contributed by atoms with Gasteiger partial charge in [-0.05, 0) is 53.1 Å². The van der Waals surface area contributed by atoms with Crippen molar-refractivity contribution in [1.29, 1.82) is 0 Å². The van der Waals surface area contributed by atoms with Gasteiger partial charge in [0.15, 0.2) is 18.1 Å². The van der Waals surface area contributed by atoms with Crippen molar-refractivity contribution < 1.29 is 23.8 Å². The largest absolute Gasteiger partial charge is 0.486 e. The summed E-state index contributed by atoms with van der Waals surface area (Å²) in [5.74, 6) is 0.618. The maximum Gasteiger partial charge on any atom is 0.331 e. The Hall–Kier alpha value is -2.80. The Labute approximate surface area is 162 Å². The molecule has 6 nitrogen and oxygen atoms in total. The third-order valence-electron chi connectivity index (χ3n) is 4.01. The van der Waals surface area contributed by atoms with E-state index in [1.165, 1.54) is 6.08 Å². The molecule has 0 radical (unpaired) electrons. The zero-order chi connectivity index (χ0) is 19.1. The van der Waals surface area contributed by atoms with Crippen LogP contribution in [0, 0.1) is 0 Å². The van der Waals surface area contributed by atoms with Crippen LogP contribution in [0.1, 0.15) is 18.1 Å². The molecular formula is C20H21NO5S. The van der Waals surface area contributed by atoms with Gasteiger partial charge >= 0.3 is 5.97 Å². The summed E-state index contributed by atoms with van der Waals surface area (Å²) in [4.78, 5) is 25.8. The third kappa shape index (κ3) is 5.34. The SMILES string of the molecule is CCN(Cc1ccc2c(c1)OCCO2)C(=O)COC(=O)/C=C/c1ccsc1. The van der Waals surface area contributed by atoms with Crippen LogP contribution >= 0.6 is 11.3 Å². The molecule has 7 heteroatoms. The Balaban J connectivity index is 1.52. The Morgan fingerprint density at radius 3 is 2.78 bits per heavy atom. The highest BCUT2D eigenvalue weighted by atomic mass is 32.1. The van der Waals surface area contributed by atoms with Crippen molar-refractivity contribution in [1.82, 2.24) is 4.90 Å². The number of carbonyl (C=O) groups is 2. The second-order valence-electron chi connectivity index (χ2n) is 5.88. The molecule has 0 saturated heterocycles. The molecule has 1 aromatic heterocycles. The summed E-state index contributed by atoms with van der Waals surface area (Å²) in [5.41, 5.74) is 1.86. The van der Waals surface area contributed by atoms with Crippen LogP contribution in [0.25, 0.3) is 6.08 Å². The molecule has 2 heterocycles. The first-order valence-electron chi connectivity index (χ1n) is 8.69. The highest BCUT2D eigenvalue weighted by molar-refractivity contribution is 7.08. The van der Waals surface area contributed by atoms with Gasteiger partial charge in [-0.25, -0.2) is 4.79 Å². The van der Waals surface area contributed by atoms with E-state index >= 15 is 0 Å². The van der Waals surface area contributed by atoms with Crippen LogP contribution in [0.2, 0.25) is 0 Å². The number of hydrogen-bond acceptors (Lipinski definition) is 6. The molecule has 0 unspecified atom stereocenters. The molecule has 0 aliphatic carbocycles. The van der Waals surface area contributed by atoms with Gasteiger partial charge in [0.1, 0.15) is 13.2 Å². The van der Waals surface area contributed by atoms with Gasteiger partial charge in [-0.3, -0.25) is 4.79 Å². The number of hydrogen-bond donors (Lipinski definition) is 0. The van der Waals surface area contributed by atoms with Crippen LogP contribution in [-0.4, -0.2) is 43.1 Å². The van der Waals surface area contributed by atoms with Gasteiger partial charge in [0.25, 0.3) is 5.91 Å². The quantitative estimate of drug-likeness (QED) is 0.539. The minimum Gasteiger partial charge on any atom is -0.486 e. The smallest absolute Gasteiger partial charge is 0.331 e. The number of benzene rings is 1. The number of carbonyl (C=O) groups excluding carboxylic acids is 2. The number of ether oxygens (including phenoxy) is 3. The fourth-order valence-corrected chi connectivity index (χ4v) is 3.22. The summed E-state index contributed by atoms with van der Waals surface area (Å²) in [6.45, 7) is 3.57. The van der Waals surface area contributed by atoms with Gasteiger partial charge < -0.3 is 19.1 Å². The zero-order valence-corrected chi connectivity index (χ0v) is 15.9. The van der Waals surface area contributed by atoms with Gasteiger partial charge in [-0.2, -0.15) is 11.3 Å². The molecule has 142 valence electrons. The third-order valence-corrected chi connectivity index (χ3v) is 4.71. The van der Waals surface area contributed by atoms with Crippen LogP contribution in [0.5, 0.6) is 11.5 Å². The number of nitrogens with zero attached hydrogens (tertiary/aromatic N) is 1. The van der Waals surface area contributed by atoms with Crippen LogP contribution in [-0.2, 0) is 20.9 Å². The molecule has 1 aliphatic heterocycles. The van der Waals surface area contributed by atoms with Crippen LogP contribution in [0.4, 0.5) is 0 Å². The molecule has 2 aromatic rings. The fraction of sp³-hybridized carbons (Fsp3) is 0.300. The molecule has 0 saturated carbocycles. The predicted octanol–water partition coefficient (Wildman–Crippen LogP) is 3.12. The average molecular weight is 387 g/mol. The van der Waals surface area contributed by atoms with Crippen molar-refractivity contribution in [2.24, 2.45) is 0 Å². The van der Waals surface area contributed by atoms with Gasteiger partial charge in [0.05, 0.1) is 0 Å². The number of amides is 1. The van der Waals surface area contributed by atoms with E-state index in [0.717, 1.165) is 11.1 Å².